The second-order valence-corrected chi connectivity index (χ2v) is 12.0. The van der Waals surface area contributed by atoms with Gasteiger partial charge in [-0.1, -0.05) is 49.9 Å². The van der Waals surface area contributed by atoms with E-state index in [1.807, 2.05) is 13.0 Å². The fourth-order valence-corrected chi connectivity index (χ4v) is 8.49. The van der Waals surface area contributed by atoms with E-state index in [1.165, 1.54) is 6.92 Å². The number of aliphatic hydroxyl groups excluding tert-OH is 2. The molecule has 3 aliphatic heterocycles. The summed E-state index contributed by atoms with van der Waals surface area (Å²) in [6, 6.07) is 8.99. The summed E-state index contributed by atoms with van der Waals surface area (Å²) in [5.74, 6) is -5.64. The van der Waals surface area contributed by atoms with E-state index in [1.54, 1.807) is 44.2 Å². The molecule has 0 spiro atoms. The highest BCUT2D eigenvalue weighted by atomic mass is 16.9. The highest BCUT2D eigenvalue weighted by Crippen LogP contribution is 2.74. The fraction of sp³-hybridized carbons (Fsp3) is 0.586. The van der Waals surface area contributed by atoms with Gasteiger partial charge in [0, 0.05) is 30.2 Å². The molecule has 6 aliphatic rings. The van der Waals surface area contributed by atoms with Gasteiger partial charge < -0.3 is 39.0 Å². The predicted molar refractivity (Wildman–Crippen MR) is 132 cm³/mol. The van der Waals surface area contributed by atoms with E-state index in [0.717, 1.165) is 0 Å². The number of ketones is 1. The van der Waals surface area contributed by atoms with Crippen LogP contribution >= 0.6 is 0 Å². The summed E-state index contributed by atoms with van der Waals surface area (Å²) in [7, 11) is 0. The van der Waals surface area contributed by atoms with E-state index in [2.05, 4.69) is 6.58 Å². The lowest BCUT2D eigenvalue weighted by Crippen LogP contribution is -2.76. The first-order valence-corrected chi connectivity index (χ1v) is 13.3. The minimum Gasteiger partial charge on any atom is -0.459 e. The smallest absolute Gasteiger partial charge is 0.314 e. The molecule has 0 aromatic heterocycles. The number of carbonyl (C=O) groups is 2. The van der Waals surface area contributed by atoms with Crippen molar-refractivity contribution in [3.05, 3.63) is 59.7 Å². The zero-order valence-corrected chi connectivity index (χ0v) is 22.1. The van der Waals surface area contributed by atoms with E-state index in [4.69, 9.17) is 23.7 Å². The second-order valence-electron chi connectivity index (χ2n) is 12.0. The van der Waals surface area contributed by atoms with Crippen LogP contribution in [0.5, 0.6) is 0 Å². The second kappa shape index (κ2) is 7.44. The van der Waals surface area contributed by atoms with Gasteiger partial charge in [0.1, 0.15) is 30.0 Å². The third-order valence-electron chi connectivity index (χ3n) is 10.2. The molecule has 208 valence electrons. The molecule has 3 bridgehead atoms. The van der Waals surface area contributed by atoms with E-state index in [0.29, 0.717) is 11.1 Å². The van der Waals surface area contributed by atoms with Gasteiger partial charge in [0.25, 0.3) is 0 Å². The zero-order chi connectivity index (χ0) is 27.9. The molecule has 3 N–H and O–H groups in total. The average molecular weight is 541 g/mol. The van der Waals surface area contributed by atoms with Crippen LogP contribution in [0.4, 0.5) is 0 Å². The standard InChI is InChI=1S/C29H32O10/c1-13(2)27-21(35-16(5)31)15(4)28-18-11-14(3)20(32)26(18,34)24(33)25(12-30)22(36-25)19(28)23(27)37-29(38-27,39-28)17-9-7-6-8-10-17/h6-11,15,18-19,21-24,30,33-34H,1,12H2,2-5H3/t15-,18-,19+,21-,22+,23-,24-,25+,26-,27+,28+,29?/m1/s1. The number of hydrogen-bond acceptors (Lipinski definition) is 10. The number of fused-ring (bicyclic) bond motifs is 3. The molecule has 7 rings (SSSR count). The molecule has 1 aromatic rings. The number of esters is 1. The molecule has 1 aromatic carbocycles. The summed E-state index contributed by atoms with van der Waals surface area (Å²) in [4.78, 5) is 26.1. The lowest BCUT2D eigenvalue weighted by atomic mass is 9.53. The lowest BCUT2D eigenvalue weighted by Gasteiger charge is -2.61. The largest absolute Gasteiger partial charge is 0.459 e. The number of hydrogen-bond donors (Lipinski definition) is 3. The minimum atomic E-state index is -2.39. The number of ether oxygens (including phenoxy) is 5. The van der Waals surface area contributed by atoms with Crippen LogP contribution in [0.1, 0.15) is 33.3 Å². The van der Waals surface area contributed by atoms with Crippen LogP contribution in [0.25, 0.3) is 0 Å². The van der Waals surface area contributed by atoms with E-state index in [-0.39, 0.29) is 5.57 Å². The van der Waals surface area contributed by atoms with Crippen molar-refractivity contribution in [3.63, 3.8) is 0 Å². The first kappa shape index (κ1) is 25.5. The van der Waals surface area contributed by atoms with Gasteiger partial charge in [-0.05, 0) is 25.0 Å². The molecule has 12 atom stereocenters. The Hall–Kier alpha value is -2.44. The summed E-state index contributed by atoms with van der Waals surface area (Å²) < 4.78 is 32.6. The van der Waals surface area contributed by atoms with Crippen LogP contribution in [0.2, 0.25) is 0 Å². The van der Waals surface area contributed by atoms with E-state index >= 15 is 0 Å². The Labute approximate surface area is 225 Å². The third kappa shape index (κ3) is 2.58. The first-order valence-electron chi connectivity index (χ1n) is 13.3. The first-order chi connectivity index (χ1) is 18.4. The van der Waals surface area contributed by atoms with Crippen molar-refractivity contribution in [2.75, 3.05) is 6.61 Å². The summed E-state index contributed by atoms with van der Waals surface area (Å²) in [6.07, 6.45) is -2.91. The number of carbonyl (C=O) groups excluding carboxylic acids is 2. The molecule has 3 heterocycles. The number of benzene rings is 1. The average Bonchev–Trinajstić information content (AvgIpc) is 3.53. The quantitative estimate of drug-likeness (QED) is 0.286. The number of epoxide rings is 1. The Kier molecular flexibility index (Phi) is 4.87. The van der Waals surface area contributed by atoms with Crippen molar-refractivity contribution >= 4 is 11.8 Å². The summed E-state index contributed by atoms with van der Waals surface area (Å²) >= 11 is 0. The van der Waals surface area contributed by atoms with Crippen molar-refractivity contribution in [2.24, 2.45) is 17.8 Å². The highest BCUT2D eigenvalue weighted by molar-refractivity contribution is 6.05. The molecule has 0 radical (unpaired) electrons. The van der Waals surface area contributed by atoms with Crippen LogP contribution < -0.4 is 0 Å². The van der Waals surface area contributed by atoms with Crippen LogP contribution in [0.15, 0.2) is 54.1 Å². The maximum atomic E-state index is 13.6. The van der Waals surface area contributed by atoms with Gasteiger partial charge in [0.05, 0.1) is 12.2 Å². The van der Waals surface area contributed by atoms with E-state index in [9.17, 15) is 24.9 Å². The fourth-order valence-electron chi connectivity index (χ4n) is 8.49. The third-order valence-corrected chi connectivity index (χ3v) is 10.2. The van der Waals surface area contributed by atoms with Gasteiger partial charge in [-0.3, -0.25) is 9.59 Å². The molecule has 2 saturated carbocycles. The van der Waals surface area contributed by atoms with Crippen molar-refractivity contribution < 1.29 is 48.6 Å². The van der Waals surface area contributed by atoms with Gasteiger partial charge >= 0.3 is 11.9 Å². The monoisotopic (exact) mass is 540 g/mol. The van der Waals surface area contributed by atoms with Gasteiger partial charge in [0.2, 0.25) is 0 Å². The maximum absolute atomic E-state index is 13.6. The Morgan fingerprint density at radius 2 is 1.82 bits per heavy atom. The zero-order valence-electron chi connectivity index (χ0n) is 22.1. The summed E-state index contributed by atoms with van der Waals surface area (Å²) in [5.41, 5.74) is -5.65. The van der Waals surface area contributed by atoms with Crippen LogP contribution in [-0.2, 0) is 39.2 Å². The van der Waals surface area contributed by atoms with Crippen molar-refractivity contribution in [3.8, 4) is 0 Å². The normalized spacial score (nSPS) is 52.3. The number of Topliss-reactive ketones (excluding diaryl/α,β-unsaturated/α-hetero) is 1. The molecule has 39 heavy (non-hydrogen) atoms. The number of rotatable bonds is 4. The van der Waals surface area contributed by atoms with Crippen LogP contribution in [0, 0.1) is 17.8 Å². The molecule has 5 fully saturated rings. The summed E-state index contributed by atoms with van der Waals surface area (Å²) in [6.45, 7) is 10.0. The molecule has 10 nitrogen and oxygen atoms in total. The maximum Gasteiger partial charge on any atom is 0.314 e. The molecule has 3 saturated heterocycles. The Morgan fingerprint density at radius 3 is 2.44 bits per heavy atom. The highest BCUT2D eigenvalue weighted by Gasteiger charge is 2.90. The van der Waals surface area contributed by atoms with Gasteiger partial charge in [-0.15, -0.1) is 0 Å². The molecule has 10 heteroatoms. The molecule has 1 unspecified atom stereocenters. The molecular formula is C29H32O10. The van der Waals surface area contributed by atoms with Crippen LogP contribution in [0.3, 0.4) is 0 Å². The van der Waals surface area contributed by atoms with Gasteiger partial charge in [0.15, 0.2) is 17.0 Å². The topological polar surface area (TPSA) is 144 Å². The minimum absolute atomic E-state index is 0.243. The van der Waals surface area contributed by atoms with Crippen molar-refractivity contribution in [1.29, 1.82) is 0 Å². The Bertz CT molecular complexity index is 1340. The summed E-state index contributed by atoms with van der Waals surface area (Å²) in [5, 5.41) is 34.4. The van der Waals surface area contributed by atoms with Crippen molar-refractivity contribution in [2.45, 2.75) is 80.5 Å². The van der Waals surface area contributed by atoms with Gasteiger partial charge in [-0.2, -0.15) is 0 Å². The predicted octanol–water partition coefficient (Wildman–Crippen LogP) is 0.874. The van der Waals surface area contributed by atoms with E-state index < -0.39 is 88.9 Å². The van der Waals surface area contributed by atoms with Crippen molar-refractivity contribution in [1.82, 2.24) is 0 Å². The number of aliphatic hydroxyl groups is 3. The SMILES string of the molecule is C=C(C)[C@@]12OC3(c4ccccc4)O[C@@H]1[C@@H]1[C@@H]4O[C@]4(CO)[C@@H](O)[C@]4(O)C(=O)C(C)=C[C@H]4[C@@]1(O3)[C@H](C)[C@H]2OC(C)=O. The van der Waals surface area contributed by atoms with Crippen LogP contribution in [-0.4, -0.2) is 80.5 Å². The molecule has 0 amide bonds. The lowest BCUT2D eigenvalue weighted by molar-refractivity contribution is -0.440. The van der Waals surface area contributed by atoms with Gasteiger partial charge in [-0.25, -0.2) is 0 Å². The molecule has 3 aliphatic carbocycles. The Morgan fingerprint density at radius 1 is 1.13 bits per heavy atom. The molecular weight excluding hydrogens is 508 g/mol. The Balaban J connectivity index is 1.57.